The van der Waals surface area contributed by atoms with Crippen LogP contribution in [0.5, 0.6) is 0 Å². The largest absolute Gasteiger partial charge is 0.396 e. The summed E-state index contributed by atoms with van der Waals surface area (Å²) in [5, 5.41) is 9.89. The van der Waals surface area contributed by atoms with Crippen molar-refractivity contribution in [3.63, 3.8) is 0 Å². The monoisotopic (exact) mass is 243 g/mol. The fourth-order valence-electron chi connectivity index (χ4n) is 1.77. The molecule has 96 valence electrons. The van der Waals surface area contributed by atoms with E-state index in [0.717, 1.165) is 5.06 Å². The number of rotatable bonds is 4. The summed E-state index contributed by atoms with van der Waals surface area (Å²) < 4.78 is 5.21. The third-order valence-corrected chi connectivity index (χ3v) is 3.15. The number of hydrogen-bond donors (Lipinski definition) is 1. The van der Waals surface area contributed by atoms with Gasteiger partial charge in [-0.1, -0.05) is 0 Å². The number of hydrogen-bond acceptors (Lipinski definition) is 5. The Kier molecular flexibility index (Phi) is 3.09. The molecule has 0 aliphatic carbocycles. The van der Waals surface area contributed by atoms with Crippen molar-refractivity contribution in [3.05, 3.63) is 0 Å². The number of epoxide rings is 1. The van der Waals surface area contributed by atoms with Crippen molar-refractivity contribution < 1.29 is 24.3 Å². The van der Waals surface area contributed by atoms with Crippen LogP contribution < -0.4 is 0 Å². The van der Waals surface area contributed by atoms with E-state index in [4.69, 9.17) is 14.7 Å². The molecule has 6 nitrogen and oxygen atoms in total. The molecule has 2 unspecified atom stereocenters. The fraction of sp³-hybridized carbons (Fsp3) is 0.818. The van der Waals surface area contributed by atoms with Crippen LogP contribution in [0.15, 0.2) is 0 Å². The highest BCUT2D eigenvalue weighted by atomic mass is 16.8. The fourth-order valence-corrected chi connectivity index (χ4v) is 1.77. The zero-order valence-electron chi connectivity index (χ0n) is 10.0. The summed E-state index contributed by atoms with van der Waals surface area (Å²) in [6, 6.07) is 0. The van der Waals surface area contributed by atoms with Crippen LogP contribution in [0.3, 0.4) is 0 Å². The van der Waals surface area contributed by atoms with E-state index in [1.807, 2.05) is 0 Å². The second-order valence-electron chi connectivity index (χ2n) is 5.06. The predicted octanol–water partition coefficient (Wildman–Crippen LogP) is 0.200. The van der Waals surface area contributed by atoms with Gasteiger partial charge >= 0.3 is 5.97 Å². The average Bonchev–Trinajstić information content (AvgIpc) is 3.01. The van der Waals surface area contributed by atoms with E-state index in [9.17, 15) is 9.59 Å². The maximum Gasteiger partial charge on any atom is 0.338 e. The highest BCUT2D eigenvalue weighted by molar-refractivity contribution is 5.81. The summed E-state index contributed by atoms with van der Waals surface area (Å²) in [4.78, 5) is 28.5. The van der Waals surface area contributed by atoms with Gasteiger partial charge in [-0.15, -0.1) is 5.06 Å². The molecule has 1 amide bonds. The number of amides is 1. The molecule has 0 aromatic carbocycles. The predicted molar refractivity (Wildman–Crippen MR) is 56.3 cm³/mol. The lowest BCUT2D eigenvalue weighted by atomic mass is 9.90. The highest BCUT2D eigenvalue weighted by Crippen LogP contribution is 2.36. The van der Waals surface area contributed by atoms with Crippen molar-refractivity contribution >= 4 is 11.9 Å². The number of carbonyl (C=O) groups excluding carboxylic acids is 2. The lowest BCUT2D eigenvalue weighted by Gasteiger charge is -2.27. The topological polar surface area (TPSA) is 79.4 Å². The molecule has 2 aliphatic heterocycles. The van der Waals surface area contributed by atoms with E-state index in [1.54, 1.807) is 13.8 Å². The first-order chi connectivity index (χ1) is 7.95. The average molecular weight is 243 g/mol. The number of nitrogens with zero attached hydrogens (tertiary/aromatic N) is 1. The van der Waals surface area contributed by atoms with Crippen LogP contribution in [0.2, 0.25) is 0 Å². The normalized spacial score (nSPS) is 27.7. The van der Waals surface area contributed by atoms with Crippen molar-refractivity contribution in [2.45, 2.75) is 45.4 Å². The molecule has 0 bridgehead atoms. The van der Waals surface area contributed by atoms with Gasteiger partial charge in [0.1, 0.15) is 6.10 Å². The molecule has 2 fully saturated rings. The Morgan fingerprint density at radius 2 is 2.35 bits per heavy atom. The van der Waals surface area contributed by atoms with Crippen LogP contribution in [0.4, 0.5) is 0 Å². The highest BCUT2D eigenvalue weighted by Gasteiger charge is 2.52. The van der Waals surface area contributed by atoms with E-state index in [-0.39, 0.29) is 18.6 Å². The number of ether oxygens (including phenoxy) is 1. The molecule has 0 radical (unpaired) electrons. The van der Waals surface area contributed by atoms with E-state index >= 15 is 0 Å². The molecule has 6 heteroatoms. The molecular formula is C11H17NO5. The minimum absolute atomic E-state index is 0.0152. The van der Waals surface area contributed by atoms with Crippen molar-refractivity contribution in [3.8, 4) is 0 Å². The van der Waals surface area contributed by atoms with Crippen LogP contribution in [0.1, 0.15) is 33.1 Å². The molecule has 0 aromatic heterocycles. The third kappa shape index (κ3) is 2.42. The van der Waals surface area contributed by atoms with Gasteiger partial charge in [0.2, 0.25) is 0 Å². The van der Waals surface area contributed by atoms with E-state index < -0.39 is 17.6 Å². The molecule has 1 N–H and O–H groups in total. The standard InChI is InChI=1S/C11H17NO5/c1-11(2,5-6-13)10(15)17-12-8(14)4-3-7-9(12)16-7/h7,9,13H,3-6H2,1-2H3. The maximum atomic E-state index is 11.8. The van der Waals surface area contributed by atoms with Crippen LogP contribution >= 0.6 is 0 Å². The summed E-state index contributed by atoms with van der Waals surface area (Å²) in [6.07, 6.45) is 0.946. The number of hydroxylamine groups is 2. The number of fused-ring (bicyclic) bond motifs is 1. The number of carbonyl (C=O) groups is 2. The third-order valence-electron chi connectivity index (χ3n) is 3.15. The van der Waals surface area contributed by atoms with Gasteiger partial charge in [0.25, 0.3) is 5.91 Å². The Morgan fingerprint density at radius 3 is 3.00 bits per heavy atom. The summed E-state index contributed by atoms with van der Waals surface area (Å²) in [5.74, 6) is -0.743. The van der Waals surface area contributed by atoms with Crippen molar-refractivity contribution in [2.24, 2.45) is 5.41 Å². The molecule has 0 spiro atoms. The molecule has 17 heavy (non-hydrogen) atoms. The summed E-state index contributed by atoms with van der Waals surface area (Å²) >= 11 is 0. The Balaban J connectivity index is 1.96. The Morgan fingerprint density at radius 1 is 1.65 bits per heavy atom. The molecule has 2 heterocycles. The zero-order valence-corrected chi connectivity index (χ0v) is 10.0. The molecule has 0 saturated carbocycles. The quantitative estimate of drug-likeness (QED) is 0.713. The van der Waals surface area contributed by atoms with Gasteiger partial charge < -0.3 is 14.7 Å². The summed E-state index contributed by atoms with van der Waals surface area (Å²) in [7, 11) is 0. The first-order valence-corrected chi connectivity index (χ1v) is 5.76. The second kappa shape index (κ2) is 4.27. The lowest BCUT2D eigenvalue weighted by Crippen LogP contribution is -2.43. The van der Waals surface area contributed by atoms with Crippen LogP contribution in [0.25, 0.3) is 0 Å². The van der Waals surface area contributed by atoms with Crippen molar-refractivity contribution in [1.82, 2.24) is 5.06 Å². The van der Waals surface area contributed by atoms with E-state index in [0.29, 0.717) is 19.3 Å². The molecule has 2 saturated heterocycles. The SMILES string of the molecule is CC(C)(CCO)C(=O)ON1C(=O)CCC2OC21. The lowest BCUT2D eigenvalue weighted by molar-refractivity contribution is -0.216. The van der Waals surface area contributed by atoms with Crippen molar-refractivity contribution in [2.75, 3.05) is 6.61 Å². The van der Waals surface area contributed by atoms with Crippen LogP contribution in [-0.2, 0) is 19.2 Å². The van der Waals surface area contributed by atoms with Gasteiger partial charge in [-0.25, -0.2) is 4.79 Å². The molecule has 0 aromatic rings. The number of aliphatic hydroxyl groups is 1. The maximum absolute atomic E-state index is 11.8. The van der Waals surface area contributed by atoms with Crippen LogP contribution in [0, 0.1) is 5.41 Å². The van der Waals surface area contributed by atoms with Gasteiger partial charge in [0.15, 0.2) is 6.23 Å². The molecule has 2 rings (SSSR count). The van der Waals surface area contributed by atoms with Gasteiger partial charge in [-0.2, -0.15) is 0 Å². The van der Waals surface area contributed by atoms with Crippen molar-refractivity contribution in [1.29, 1.82) is 0 Å². The minimum atomic E-state index is -0.809. The first-order valence-electron chi connectivity index (χ1n) is 5.76. The Labute approximate surface area is 99.4 Å². The smallest absolute Gasteiger partial charge is 0.338 e. The molecular weight excluding hydrogens is 226 g/mol. The van der Waals surface area contributed by atoms with Gasteiger partial charge in [0.05, 0.1) is 5.41 Å². The molecule has 2 atom stereocenters. The van der Waals surface area contributed by atoms with Gasteiger partial charge in [0, 0.05) is 13.0 Å². The second-order valence-corrected chi connectivity index (χ2v) is 5.06. The minimum Gasteiger partial charge on any atom is -0.396 e. The van der Waals surface area contributed by atoms with Crippen LogP contribution in [-0.4, -0.2) is 41.0 Å². The summed E-state index contributed by atoms with van der Waals surface area (Å²) in [6.45, 7) is 3.25. The Bertz CT molecular complexity index is 341. The number of piperidine rings is 1. The van der Waals surface area contributed by atoms with E-state index in [2.05, 4.69) is 0 Å². The Hall–Kier alpha value is -1.14. The van der Waals surface area contributed by atoms with Gasteiger partial charge in [-0.3, -0.25) is 4.79 Å². The van der Waals surface area contributed by atoms with Gasteiger partial charge in [-0.05, 0) is 26.7 Å². The zero-order chi connectivity index (χ0) is 12.6. The number of aliphatic hydroxyl groups excluding tert-OH is 1. The molecule has 2 aliphatic rings. The summed E-state index contributed by atoms with van der Waals surface area (Å²) in [5.41, 5.74) is -0.809. The first kappa shape index (κ1) is 12.3. The van der Waals surface area contributed by atoms with E-state index in [1.165, 1.54) is 0 Å².